The fourth-order valence-electron chi connectivity index (χ4n) is 4.83. The van der Waals surface area contributed by atoms with Gasteiger partial charge in [-0.25, -0.2) is 4.79 Å². The van der Waals surface area contributed by atoms with Gasteiger partial charge in [-0.2, -0.15) is 0 Å². The van der Waals surface area contributed by atoms with Crippen molar-refractivity contribution in [3.05, 3.63) is 59.7 Å². The van der Waals surface area contributed by atoms with Crippen LogP contribution in [0.25, 0.3) is 11.1 Å². The lowest BCUT2D eigenvalue weighted by Gasteiger charge is -2.38. The number of fused-ring (bicyclic) bond motifs is 3. The van der Waals surface area contributed by atoms with Crippen LogP contribution in [0.1, 0.15) is 44.2 Å². The highest BCUT2D eigenvalue weighted by atomic mass is 16.5. The summed E-state index contributed by atoms with van der Waals surface area (Å²) >= 11 is 0. The summed E-state index contributed by atoms with van der Waals surface area (Å²) in [6.45, 7) is 6.53. The van der Waals surface area contributed by atoms with E-state index in [4.69, 9.17) is 14.6 Å². The summed E-state index contributed by atoms with van der Waals surface area (Å²) in [5, 5.41) is 11.8. The smallest absolute Gasteiger partial charge is 0.407 e. The molecule has 0 bridgehead atoms. The second kappa shape index (κ2) is 10.1. The highest BCUT2D eigenvalue weighted by Gasteiger charge is 2.38. The molecule has 2 aliphatic rings. The fourth-order valence-corrected chi connectivity index (χ4v) is 4.83. The first-order valence-corrected chi connectivity index (χ1v) is 11.9. The lowest BCUT2D eigenvalue weighted by Crippen LogP contribution is -2.58. The Bertz CT molecular complexity index is 1060. The Balaban J connectivity index is 1.43. The van der Waals surface area contributed by atoms with Crippen LogP contribution in [0.3, 0.4) is 0 Å². The number of nitrogens with one attached hydrogen (secondary N) is 1. The van der Waals surface area contributed by atoms with Crippen LogP contribution < -0.4 is 5.32 Å². The van der Waals surface area contributed by atoms with Gasteiger partial charge in [0, 0.05) is 19.0 Å². The predicted octanol–water partition coefficient (Wildman–Crippen LogP) is 3.64. The SMILES string of the molecule is CC(C)(C)[C@H](NC(=O)OCC1c2ccccc2-c2ccccc21)C(=O)N1CCOC(CC(=O)O)C1. The van der Waals surface area contributed by atoms with Gasteiger partial charge >= 0.3 is 12.1 Å². The predicted molar refractivity (Wildman–Crippen MR) is 130 cm³/mol. The first-order chi connectivity index (χ1) is 16.6. The van der Waals surface area contributed by atoms with Crippen LogP contribution in [-0.2, 0) is 19.1 Å². The Morgan fingerprint density at radius 1 is 1.09 bits per heavy atom. The number of carbonyl (C=O) groups is 3. The van der Waals surface area contributed by atoms with Crippen molar-refractivity contribution in [1.29, 1.82) is 0 Å². The third-order valence-electron chi connectivity index (χ3n) is 6.57. The molecule has 1 unspecified atom stereocenters. The average molecular weight is 481 g/mol. The molecule has 2 amide bonds. The lowest BCUT2D eigenvalue weighted by atomic mass is 9.85. The van der Waals surface area contributed by atoms with Crippen LogP contribution in [0, 0.1) is 5.41 Å². The lowest BCUT2D eigenvalue weighted by molar-refractivity contribution is -0.150. The molecule has 0 saturated carbocycles. The maximum absolute atomic E-state index is 13.4. The quantitative estimate of drug-likeness (QED) is 0.654. The Labute approximate surface area is 205 Å². The molecule has 2 aromatic carbocycles. The van der Waals surface area contributed by atoms with E-state index in [1.54, 1.807) is 4.90 Å². The molecular formula is C27H32N2O6. The van der Waals surface area contributed by atoms with Gasteiger partial charge in [-0.3, -0.25) is 9.59 Å². The first-order valence-electron chi connectivity index (χ1n) is 11.9. The monoisotopic (exact) mass is 480 g/mol. The van der Waals surface area contributed by atoms with Crippen LogP contribution in [0.4, 0.5) is 4.79 Å². The van der Waals surface area contributed by atoms with Gasteiger partial charge in [0.2, 0.25) is 5.91 Å². The number of carboxylic acid groups (broad SMARTS) is 1. The van der Waals surface area contributed by atoms with Crippen molar-refractivity contribution in [2.45, 2.75) is 45.3 Å². The molecule has 35 heavy (non-hydrogen) atoms. The van der Waals surface area contributed by atoms with Gasteiger partial charge in [0.15, 0.2) is 0 Å². The van der Waals surface area contributed by atoms with Crippen molar-refractivity contribution in [2.75, 3.05) is 26.3 Å². The molecule has 8 heteroatoms. The van der Waals surface area contributed by atoms with Crippen molar-refractivity contribution in [3.8, 4) is 11.1 Å². The molecule has 2 atom stereocenters. The number of ether oxygens (including phenoxy) is 2. The number of carbonyl (C=O) groups excluding carboxylic acids is 2. The molecule has 186 valence electrons. The number of rotatable bonds is 6. The number of nitrogens with zero attached hydrogens (tertiary/aromatic N) is 1. The van der Waals surface area contributed by atoms with E-state index in [0.717, 1.165) is 22.3 Å². The second-order valence-corrected chi connectivity index (χ2v) is 10.1. The van der Waals surface area contributed by atoms with E-state index >= 15 is 0 Å². The van der Waals surface area contributed by atoms with Crippen molar-refractivity contribution < 1.29 is 29.0 Å². The molecule has 1 saturated heterocycles. The zero-order valence-corrected chi connectivity index (χ0v) is 20.3. The second-order valence-electron chi connectivity index (χ2n) is 10.1. The van der Waals surface area contributed by atoms with Crippen LogP contribution >= 0.6 is 0 Å². The molecule has 1 fully saturated rings. The highest BCUT2D eigenvalue weighted by molar-refractivity contribution is 5.87. The summed E-state index contributed by atoms with van der Waals surface area (Å²) < 4.78 is 11.1. The van der Waals surface area contributed by atoms with Crippen LogP contribution in [-0.4, -0.2) is 66.4 Å². The Morgan fingerprint density at radius 3 is 2.26 bits per heavy atom. The van der Waals surface area contributed by atoms with Crippen LogP contribution in [0.2, 0.25) is 0 Å². The van der Waals surface area contributed by atoms with Gasteiger partial charge < -0.3 is 24.8 Å². The molecule has 1 aliphatic carbocycles. The largest absolute Gasteiger partial charge is 0.481 e. The first kappa shape index (κ1) is 24.7. The topological polar surface area (TPSA) is 105 Å². The van der Waals surface area contributed by atoms with E-state index in [2.05, 4.69) is 29.6 Å². The van der Waals surface area contributed by atoms with Crippen molar-refractivity contribution in [3.63, 3.8) is 0 Å². The van der Waals surface area contributed by atoms with Gasteiger partial charge in [0.1, 0.15) is 12.6 Å². The molecule has 1 aliphatic heterocycles. The molecule has 1 heterocycles. The summed E-state index contributed by atoms with van der Waals surface area (Å²) in [7, 11) is 0. The molecule has 0 aromatic heterocycles. The number of hydrogen-bond acceptors (Lipinski definition) is 5. The number of alkyl carbamates (subject to hydrolysis) is 1. The fraction of sp³-hybridized carbons (Fsp3) is 0.444. The van der Waals surface area contributed by atoms with Gasteiger partial charge in [-0.1, -0.05) is 69.3 Å². The Hall–Kier alpha value is -3.39. The molecule has 2 N–H and O–H groups in total. The van der Waals surface area contributed by atoms with E-state index in [-0.39, 0.29) is 38.0 Å². The van der Waals surface area contributed by atoms with Crippen molar-refractivity contribution in [1.82, 2.24) is 10.2 Å². The van der Waals surface area contributed by atoms with E-state index in [1.807, 2.05) is 45.0 Å². The molecule has 8 nitrogen and oxygen atoms in total. The van der Waals surface area contributed by atoms with E-state index < -0.39 is 29.6 Å². The zero-order valence-electron chi connectivity index (χ0n) is 20.3. The number of aliphatic carboxylic acids is 1. The highest BCUT2D eigenvalue weighted by Crippen LogP contribution is 2.44. The zero-order chi connectivity index (χ0) is 25.2. The van der Waals surface area contributed by atoms with Gasteiger partial charge in [-0.15, -0.1) is 0 Å². The summed E-state index contributed by atoms with van der Waals surface area (Å²) in [4.78, 5) is 38.9. The average Bonchev–Trinajstić information content (AvgIpc) is 3.13. The van der Waals surface area contributed by atoms with Gasteiger partial charge in [0.25, 0.3) is 0 Å². The maximum Gasteiger partial charge on any atom is 0.407 e. The minimum atomic E-state index is -0.978. The molecule has 2 aromatic rings. The minimum absolute atomic E-state index is 0.0760. The number of morpholine rings is 1. The molecule has 4 rings (SSSR count). The number of benzene rings is 2. The van der Waals surface area contributed by atoms with Gasteiger partial charge in [0.05, 0.1) is 19.1 Å². The Kier molecular flexibility index (Phi) is 7.12. The molecular weight excluding hydrogens is 448 g/mol. The standard InChI is InChI=1S/C27H32N2O6/c1-27(2,3)24(25(32)29-12-13-34-17(15-29)14-23(30)31)28-26(33)35-16-22-20-10-6-4-8-18(20)19-9-5-7-11-21(19)22/h4-11,17,22,24H,12-16H2,1-3H3,(H,28,33)(H,30,31)/t17?,24-/m1/s1. The summed E-state index contributed by atoms with van der Waals surface area (Å²) in [6, 6.07) is 15.4. The summed E-state index contributed by atoms with van der Waals surface area (Å²) in [5.74, 6) is -1.33. The van der Waals surface area contributed by atoms with Crippen molar-refractivity contribution in [2.24, 2.45) is 5.41 Å². The van der Waals surface area contributed by atoms with Gasteiger partial charge in [-0.05, 0) is 27.7 Å². The van der Waals surface area contributed by atoms with Crippen LogP contribution in [0.5, 0.6) is 0 Å². The third kappa shape index (κ3) is 5.48. The maximum atomic E-state index is 13.4. The van der Waals surface area contributed by atoms with Crippen LogP contribution in [0.15, 0.2) is 48.5 Å². The Morgan fingerprint density at radius 2 is 1.69 bits per heavy atom. The number of amides is 2. The number of carboxylic acids is 1. The number of hydrogen-bond donors (Lipinski definition) is 2. The van der Waals surface area contributed by atoms with E-state index in [1.165, 1.54) is 0 Å². The third-order valence-corrected chi connectivity index (χ3v) is 6.57. The molecule has 0 spiro atoms. The minimum Gasteiger partial charge on any atom is -0.481 e. The summed E-state index contributed by atoms with van der Waals surface area (Å²) in [5.41, 5.74) is 3.93. The van der Waals surface area contributed by atoms with E-state index in [9.17, 15) is 14.4 Å². The summed E-state index contributed by atoms with van der Waals surface area (Å²) in [6.07, 6.45) is -1.40. The normalized spacial score (nSPS) is 18.4. The van der Waals surface area contributed by atoms with E-state index in [0.29, 0.717) is 6.54 Å². The van der Waals surface area contributed by atoms with Crippen molar-refractivity contribution >= 4 is 18.0 Å². The molecule has 0 radical (unpaired) electrons.